The summed E-state index contributed by atoms with van der Waals surface area (Å²) in [5.74, 6) is 0. The van der Waals surface area contributed by atoms with Crippen molar-refractivity contribution in [3.8, 4) is 0 Å². The lowest BCUT2D eigenvalue weighted by molar-refractivity contribution is 1.25. The van der Waals surface area contributed by atoms with E-state index in [0.717, 1.165) is 16.3 Å². The molecule has 16 heavy (non-hydrogen) atoms. The molecule has 0 atom stereocenters. The van der Waals surface area contributed by atoms with Gasteiger partial charge in [0.1, 0.15) is 0 Å². The van der Waals surface area contributed by atoms with Crippen LogP contribution in [0.25, 0.3) is 10.8 Å². The van der Waals surface area contributed by atoms with Crippen LogP contribution in [0.15, 0.2) is 29.1 Å². The summed E-state index contributed by atoms with van der Waals surface area (Å²) >= 11 is 0. The molecule has 0 aliphatic carbocycles. The maximum absolute atomic E-state index is 12.0. The van der Waals surface area contributed by atoms with Crippen molar-refractivity contribution in [3.63, 3.8) is 0 Å². The summed E-state index contributed by atoms with van der Waals surface area (Å²) in [7, 11) is 0. The zero-order chi connectivity index (χ0) is 11.9. The fourth-order valence-corrected chi connectivity index (χ4v) is 2.25. The first kappa shape index (κ1) is 10.9. The van der Waals surface area contributed by atoms with Crippen LogP contribution in [0.2, 0.25) is 0 Å². The van der Waals surface area contributed by atoms with E-state index in [2.05, 4.69) is 20.8 Å². The minimum absolute atomic E-state index is 0.115. The Kier molecular flexibility index (Phi) is 2.55. The molecule has 0 saturated heterocycles. The molecule has 2 aromatic rings. The molecular formula is C15H16O. The van der Waals surface area contributed by atoms with Gasteiger partial charge in [-0.05, 0) is 61.4 Å². The highest BCUT2D eigenvalue weighted by Crippen LogP contribution is 2.26. The van der Waals surface area contributed by atoms with Crippen LogP contribution in [0.1, 0.15) is 22.3 Å². The average molecular weight is 212 g/mol. The highest BCUT2D eigenvalue weighted by Gasteiger charge is 2.09. The molecule has 0 aliphatic heterocycles. The van der Waals surface area contributed by atoms with Crippen LogP contribution in [0.4, 0.5) is 0 Å². The average Bonchev–Trinajstić information content (AvgIpc) is 2.45. The molecule has 0 spiro atoms. The Morgan fingerprint density at radius 2 is 1.31 bits per heavy atom. The van der Waals surface area contributed by atoms with E-state index in [0.29, 0.717) is 0 Å². The molecule has 0 radical (unpaired) electrons. The van der Waals surface area contributed by atoms with Gasteiger partial charge in [0.2, 0.25) is 0 Å². The molecule has 0 N–H and O–H groups in total. The zero-order valence-electron chi connectivity index (χ0n) is 10.2. The van der Waals surface area contributed by atoms with Crippen molar-refractivity contribution in [2.24, 2.45) is 0 Å². The molecule has 0 bridgehead atoms. The van der Waals surface area contributed by atoms with E-state index < -0.39 is 0 Å². The quantitative estimate of drug-likeness (QED) is 0.654. The van der Waals surface area contributed by atoms with Gasteiger partial charge in [-0.25, -0.2) is 0 Å². The summed E-state index contributed by atoms with van der Waals surface area (Å²) < 4.78 is 0. The number of hydrogen-bond donors (Lipinski definition) is 0. The Labute approximate surface area is 95.7 Å². The van der Waals surface area contributed by atoms with Gasteiger partial charge in [0.05, 0.1) is 0 Å². The highest BCUT2D eigenvalue weighted by molar-refractivity contribution is 5.89. The Bertz CT molecular complexity index is 624. The largest absolute Gasteiger partial charge is 0.289 e. The van der Waals surface area contributed by atoms with Gasteiger partial charge in [0.25, 0.3) is 0 Å². The maximum Gasteiger partial charge on any atom is 0.186 e. The predicted octanol–water partition coefficient (Wildman–Crippen LogP) is 3.43. The van der Waals surface area contributed by atoms with E-state index in [-0.39, 0.29) is 5.43 Å². The minimum Gasteiger partial charge on any atom is -0.289 e. The normalized spacial score (nSPS) is 10.8. The Balaban J connectivity index is 3.20. The van der Waals surface area contributed by atoms with Gasteiger partial charge in [-0.15, -0.1) is 0 Å². The molecule has 0 saturated carbocycles. The van der Waals surface area contributed by atoms with Crippen LogP contribution in [0.5, 0.6) is 0 Å². The lowest BCUT2D eigenvalue weighted by Gasteiger charge is -2.11. The van der Waals surface area contributed by atoms with E-state index in [4.69, 9.17) is 0 Å². The third-order valence-electron chi connectivity index (χ3n) is 3.60. The second-order valence-electron chi connectivity index (χ2n) is 4.37. The standard InChI is InChI=1S/C15H16O/c1-9-10(2)12(4)15-13(11(9)3)7-5-6-8-14(15)16/h5-8H,1-4H3. The summed E-state index contributed by atoms with van der Waals surface area (Å²) in [4.78, 5) is 12.0. The van der Waals surface area contributed by atoms with Crippen molar-refractivity contribution >= 4 is 10.8 Å². The fourth-order valence-electron chi connectivity index (χ4n) is 2.25. The summed E-state index contributed by atoms with van der Waals surface area (Å²) in [6.45, 7) is 8.33. The van der Waals surface area contributed by atoms with Crippen molar-refractivity contribution in [2.45, 2.75) is 27.7 Å². The van der Waals surface area contributed by atoms with E-state index in [1.807, 2.05) is 25.1 Å². The van der Waals surface area contributed by atoms with Gasteiger partial charge in [0, 0.05) is 5.39 Å². The third kappa shape index (κ3) is 1.44. The number of fused-ring (bicyclic) bond motifs is 1. The molecule has 82 valence electrons. The molecule has 0 fully saturated rings. The topological polar surface area (TPSA) is 17.1 Å². The SMILES string of the molecule is Cc1c(C)c(C)c2c(=O)ccccc2c1C. The van der Waals surface area contributed by atoms with Crippen LogP contribution < -0.4 is 5.43 Å². The zero-order valence-corrected chi connectivity index (χ0v) is 10.2. The number of rotatable bonds is 0. The van der Waals surface area contributed by atoms with Crippen molar-refractivity contribution < 1.29 is 0 Å². The van der Waals surface area contributed by atoms with Crippen LogP contribution in [-0.4, -0.2) is 0 Å². The first-order chi connectivity index (χ1) is 7.54. The summed E-state index contributed by atoms with van der Waals surface area (Å²) in [6, 6.07) is 7.42. The van der Waals surface area contributed by atoms with E-state index in [9.17, 15) is 4.79 Å². The van der Waals surface area contributed by atoms with E-state index in [1.54, 1.807) is 6.07 Å². The molecule has 2 aromatic carbocycles. The molecule has 0 unspecified atom stereocenters. The lowest BCUT2D eigenvalue weighted by Crippen LogP contribution is -2.02. The highest BCUT2D eigenvalue weighted by atomic mass is 16.1. The van der Waals surface area contributed by atoms with Crippen LogP contribution in [0, 0.1) is 27.7 Å². The predicted molar refractivity (Wildman–Crippen MR) is 69.2 cm³/mol. The summed E-state index contributed by atoms with van der Waals surface area (Å²) in [5.41, 5.74) is 4.96. The second kappa shape index (κ2) is 3.75. The van der Waals surface area contributed by atoms with Crippen molar-refractivity contribution in [2.75, 3.05) is 0 Å². The molecule has 2 rings (SSSR count). The second-order valence-corrected chi connectivity index (χ2v) is 4.37. The molecule has 1 nitrogen and oxygen atoms in total. The first-order valence-electron chi connectivity index (χ1n) is 5.53. The van der Waals surface area contributed by atoms with Gasteiger partial charge in [-0.2, -0.15) is 0 Å². The van der Waals surface area contributed by atoms with Gasteiger partial charge in [0.15, 0.2) is 5.43 Å². The molecule has 0 heterocycles. The maximum atomic E-state index is 12.0. The lowest BCUT2D eigenvalue weighted by atomic mass is 9.93. The van der Waals surface area contributed by atoms with Gasteiger partial charge >= 0.3 is 0 Å². The third-order valence-corrected chi connectivity index (χ3v) is 3.60. The van der Waals surface area contributed by atoms with E-state index in [1.165, 1.54) is 16.7 Å². The van der Waals surface area contributed by atoms with Gasteiger partial charge < -0.3 is 0 Å². The number of aryl methyl sites for hydroxylation is 2. The molecular weight excluding hydrogens is 196 g/mol. The van der Waals surface area contributed by atoms with E-state index >= 15 is 0 Å². The number of hydrogen-bond acceptors (Lipinski definition) is 1. The van der Waals surface area contributed by atoms with Crippen molar-refractivity contribution in [3.05, 3.63) is 56.7 Å². The number of benzene rings is 1. The fraction of sp³-hybridized carbons (Fsp3) is 0.267. The molecule has 0 aromatic heterocycles. The Morgan fingerprint density at radius 3 is 2.00 bits per heavy atom. The summed E-state index contributed by atoms with van der Waals surface area (Å²) in [5, 5.41) is 1.95. The van der Waals surface area contributed by atoms with Crippen LogP contribution >= 0.6 is 0 Å². The van der Waals surface area contributed by atoms with Crippen LogP contribution in [0.3, 0.4) is 0 Å². The monoisotopic (exact) mass is 212 g/mol. The van der Waals surface area contributed by atoms with Gasteiger partial charge in [-0.1, -0.05) is 18.2 Å². The minimum atomic E-state index is 0.115. The Morgan fingerprint density at radius 1 is 0.750 bits per heavy atom. The van der Waals surface area contributed by atoms with Crippen molar-refractivity contribution in [1.29, 1.82) is 0 Å². The van der Waals surface area contributed by atoms with Crippen molar-refractivity contribution in [1.82, 2.24) is 0 Å². The molecule has 1 heteroatoms. The van der Waals surface area contributed by atoms with Gasteiger partial charge in [-0.3, -0.25) is 4.79 Å². The molecule has 0 amide bonds. The molecule has 0 aliphatic rings. The summed E-state index contributed by atoms with van der Waals surface area (Å²) in [6.07, 6.45) is 0. The smallest absolute Gasteiger partial charge is 0.186 e. The van der Waals surface area contributed by atoms with Crippen LogP contribution in [-0.2, 0) is 0 Å². The first-order valence-corrected chi connectivity index (χ1v) is 5.53. The Hall–Kier alpha value is -1.63.